The molecule has 0 fully saturated rings. The van der Waals surface area contributed by atoms with Crippen LogP contribution in [0.4, 0.5) is 5.69 Å². The number of hydrogen-bond donors (Lipinski definition) is 3. The predicted octanol–water partition coefficient (Wildman–Crippen LogP) is 5.85. The summed E-state index contributed by atoms with van der Waals surface area (Å²) < 4.78 is 17.2. The number of phenolic OH excluding ortho intramolecular Hbond substituents is 1. The van der Waals surface area contributed by atoms with Crippen molar-refractivity contribution in [3.8, 4) is 23.0 Å². The SMILES string of the molecule is COc1ccc(OCCCCOc2ccc(N/N=C3/C=CC=CC3=N)c(O)c2)c(C(C)(C)C)c1. The largest absolute Gasteiger partial charge is 0.506 e. The molecule has 0 amide bonds. The van der Waals surface area contributed by atoms with E-state index in [1.807, 2.05) is 18.2 Å². The van der Waals surface area contributed by atoms with Crippen LogP contribution in [0.25, 0.3) is 0 Å². The molecule has 0 atom stereocenters. The summed E-state index contributed by atoms with van der Waals surface area (Å²) >= 11 is 0. The lowest BCUT2D eigenvalue weighted by Gasteiger charge is -2.23. The van der Waals surface area contributed by atoms with Crippen molar-refractivity contribution in [3.05, 3.63) is 66.3 Å². The number of methoxy groups -OCH3 is 1. The van der Waals surface area contributed by atoms with Crippen molar-refractivity contribution >= 4 is 17.1 Å². The molecule has 7 nitrogen and oxygen atoms in total. The molecule has 1 aliphatic carbocycles. The van der Waals surface area contributed by atoms with Gasteiger partial charge in [0.15, 0.2) is 0 Å². The molecule has 180 valence electrons. The molecule has 0 heterocycles. The Kier molecular flexibility index (Phi) is 8.35. The first-order chi connectivity index (χ1) is 16.3. The monoisotopic (exact) mass is 463 g/mol. The molecule has 7 heteroatoms. The van der Waals surface area contributed by atoms with Crippen LogP contribution in [0.15, 0.2) is 65.8 Å². The summed E-state index contributed by atoms with van der Waals surface area (Å²) in [5.41, 5.74) is 5.10. The summed E-state index contributed by atoms with van der Waals surface area (Å²) in [6.07, 6.45) is 8.62. The third-order valence-corrected chi connectivity index (χ3v) is 5.23. The van der Waals surface area contributed by atoms with Gasteiger partial charge >= 0.3 is 0 Å². The second-order valence-electron chi connectivity index (χ2n) is 8.94. The number of nitrogens with zero attached hydrogens (tertiary/aromatic N) is 1. The summed E-state index contributed by atoms with van der Waals surface area (Å²) in [5.74, 6) is 2.31. The van der Waals surface area contributed by atoms with Crippen LogP contribution in [0.2, 0.25) is 0 Å². The van der Waals surface area contributed by atoms with Gasteiger partial charge in [-0.2, -0.15) is 5.10 Å². The van der Waals surface area contributed by atoms with Crippen molar-refractivity contribution in [2.45, 2.75) is 39.0 Å². The number of nitrogens with one attached hydrogen (secondary N) is 2. The first-order valence-corrected chi connectivity index (χ1v) is 11.3. The number of rotatable bonds is 10. The van der Waals surface area contributed by atoms with Crippen molar-refractivity contribution in [3.63, 3.8) is 0 Å². The summed E-state index contributed by atoms with van der Waals surface area (Å²) in [7, 11) is 1.67. The lowest BCUT2D eigenvalue weighted by molar-refractivity contribution is 0.262. The summed E-state index contributed by atoms with van der Waals surface area (Å²) in [6, 6.07) is 10.9. The van der Waals surface area contributed by atoms with E-state index < -0.39 is 0 Å². The van der Waals surface area contributed by atoms with Gasteiger partial charge in [-0.1, -0.05) is 32.9 Å². The van der Waals surface area contributed by atoms with Gasteiger partial charge in [-0.15, -0.1) is 0 Å². The van der Waals surface area contributed by atoms with E-state index in [4.69, 9.17) is 19.6 Å². The summed E-state index contributed by atoms with van der Waals surface area (Å²) in [5, 5.41) is 22.2. The van der Waals surface area contributed by atoms with Gasteiger partial charge in [-0.25, -0.2) is 0 Å². The topological polar surface area (TPSA) is 96.2 Å². The quantitative estimate of drug-likeness (QED) is 0.178. The lowest BCUT2D eigenvalue weighted by Crippen LogP contribution is -2.14. The van der Waals surface area contributed by atoms with Crippen molar-refractivity contribution in [1.82, 2.24) is 0 Å². The van der Waals surface area contributed by atoms with E-state index in [0.29, 0.717) is 36.1 Å². The van der Waals surface area contributed by atoms with E-state index in [9.17, 15) is 5.11 Å². The van der Waals surface area contributed by atoms with Crippen LogP contribution in [-0.4, -0.2) is 36.9 Å². The molecular formula is C27H33N3O4. The average Bonchev–Trinajstić information content (AvgIpc) is 2.81. The lowest BCUT2D eigenvalue weighted by atomic mass is 9.86. The molecule has 34 heavy (non-hydrogen) atoms. The van der Waals surface area contributed by atoms with E-state index in [0.717, 1.165) is 29.9 Å². The van der Waals surface area contributed by atoms with E-state index in [-0.39, 0.29) is 11.2 Å². The molecule has 2 aromatic rings. The van der Waals surface area contributed by atoms with Gasteiger partial charge in [0.05, 0.1) is 31.7 Å². The number of unbranched alkanes of at least 4 members (excludes halogenated alkanes) is 1. The fourth-order valence-electron chi connectivity index (χ4n) is 3.31. The minimum Gasteiger partial charge on any atom is -0.506 e. The third-order valence-electron chi connectivity index (χ3n) is 5.23. The number of hydrazone groups is 1. The Labute approximate surface area is 201 Å². The van der Waals surface area contributed by atoms with Crippen LogP contribution < -0.4 is 19.6 Å². The zero-order valence-corrected chi connectivity index (χ0v) is 20.2. The molecule has 1 aliphatic rings. The first kappa shape index (κ1) is 24.9. The normalized spacial score (nSPS) is 14.4. The second-order valence-corrected chi connectivity index (χ2v) is 8.94. The Hall–Kier alpha value is -3.74. The Bertz CT molecular complexity index is 1100. The molecule has 3 N–H and O–H groups in total. The molecule has 3 rings (SSSR count). The Balaban J connectivity index is 1.44. The van der Waals surface area contributed by atoms with Crippen LogP contribution in [0, 0.1) is 5.41 Å². The van der Waals surface area contributed by atoms with E-state index in [1.165, 1.54) is 0 Å². The number of aromatic hydroxyl groups is 1. The number of anilines is 1. The molecule has 0 radical (unpaired) electrons. The van der Waals surface area contributed by atoms with Gasteiger partial charge in [0.1, 0.15) is 28.7 Å². The number of phenols is 1. The van der Waals surface area contributed by atoms with Gasteiger partial charge in [0.25, 0.3) is 0 Å². The molecule has 0 aromatic heterocycles. The fourth-order valence-corrected chi connectivity index (χ4v) is 3.31. The third kappa shape index (κ3) is 6.88. The van der Waals surface area contributed by atoms with Crippen LogP contribution >= 0.6 is 0 Å². The Morgan fingerprint density at radius 2 is 1.65 bits per heavy atom. The van der Waals surface area contributed by atoms with Crippen molar-refractivity contribution in [2.24, 2.45) is 5.10 Å². The van der Waals surface area contributed by atoms with Crippen LogP contribution in [0.3, 0.4) is 0 Å². The molecular weight excluding hydrogens is 430 g/mol. The van der Waals surface area contributed by atoms with Crippen LogP contribution in [0.5, 0.6) is 23.0 Å². The minimum atomic E-state index is -0.0477. The minimum absolute atomic E-state index is 0.0289. The number of allylic oxidation sites excluding steroid dienone is 4. The highest BCUT2D eigenvalue weighted by atomic mass is 16.5. The summed E-state index contributed by atoms with van der Waals surface area (Å²) in [6.45, 7) is 7.57. The molecule has 0 unspecified atom stereocenters. The molecule has 0 aliphatic heterocycles. The van der Waals surface area contributed by atoms with Crippen molar-refractivity contribution < 1.29 is 19.3 Å². The van der Waals surface area contributed by atoms with Crippen LogP contribution in [0.1, 0.15) is 39.2 Å². The zero-order valence-electron chi connectivity index (χ0n) is 20.2. The highest BCUT2D eigenvalue weighted by Crippen LogP contribution is 2.34. The van der Waals surface area contributed by atoms with E-state index in [1.54, 1.807) is 49.6 Å². The molecule has 0 bridgehead atoms. The number of hydrogen-bond acceptors (Lipinski definition) is 7. The van der Waals surface area contributed by atoms with E-state index in [2.05, 4.69) is 31.3 Å². The standard InChI is InChI=1S/C27H33N3O4/c1-27(2,3)21-17-19(32-4)12-14-26(21)34-16-8-7-15-33-20-11-13-24(25(31)18-20)30-29-23-10-6-5-9-22(23)28/h5-6,9-14,17-18,28,30-31H,7-8,15-16H2,1-4H3/b28-22?,29-23-. The van der Waals surface area contributed by atoms with E-state index >= 15 is 0 Å². The second kappa shape index (κ2) is 11.4. The highest BCUT2D eigenvalue weighted by molar-refractivity contribution is 6.50. The van der Waals surface area contributed by atoms with Crippen molar-refractivity contribution in [2.75, 3.05) is 25.7 Å². The highest BCUT2D eigenvalue weighted by Gasteiger charge is 2.20. The maximum atomic E-state index is 10.3. The predicted molar refractivity (Wildman–Crippen MR) is 137 cm³/mol. The van der Waals surface area contributed by atoms with Gasteiger partial charge < -0.3 is 19.3 Å². The molecule has 0 spiro atoms. The Morgan fingerprint density at radius 1 is 0.941 bits per heavy atom. The fraction of sp³-hybridized carbons (Fsp3) is 0.333. The average molecular weight is 464 g/mol. The van der Waals surface area contributed by atoms with Gasteiger partial charge in [0, 0.05) is 11.6 Å². The molecule has 0 saturated heterocycles. The van der Waals surface area contributed by atoms with Crippen molar-refractivity contribution in [1.29, 1.82) is 5.41 Å². The number of benzene rings is 2. The summed E-state index contributed by atoms with van der Waals surface area (Å²) in [4.78, 5) is 0. The van der Waals surface area contributed by atoms with Gasteiger partial charge in [0.2, 0.25) is 0 Å². The van der Waals surface area contributed by atoms with Crippen LogP contribution in [-0.2, 0) is 5.41 Å². The van der Waals surface area contributed by atoms with Gasteiger partial charge in [-0.05, 0) is 60.7 Å². The Morgan fingerprint density at radius 3 is 2.32 bits per heavy atom. The zero-order chi connectivity index (χ0) is 24.6. The maximum absolute atomic E-state index is 10.3. The first-order valence-electron chi connectivity index (χ1n) is 11.3. The van der Waals surface area contributed by atoms with Gasteiger partial charge in [-0.3, -0.25) is 10.8 Å². The molecule has 2 aromatic carbocycles. The number of ether oxygens (including phenoxy) is 3. The smallest absolute Gasteiger partial charge is 0.144 e. The maximum Gasteiger partial charge on any atom is 0.144 e. The molecule has 0 saturated carbocycles.